The van der Waals surface area contributed by atoms with Gasteiger partial charge in [0.25, 0.3) is 0 Å². The maximum Gasteiger partial charge on any atom is 0.342 e. The van der Waals surface area contributed by atoms with Crippen LogP contribution < -0.4 is 5.32 Å². The lowest BCUT2D eigenvalue weighted by Gasteiger charge is -2.08. The summed E-state index contributed by atoms with van der Waals surface area (Å²) >= 11 is 0. The molecular formula is C14H13N3O4. The average Bonchev–Trinajstić information content (AvgIpc) is 2.47. The van der Waals surface area contributed by atoms with Gasteiger partial charge in [0, 0.05) is 18.9 Å². The zero-order valence-electron chi connectivity index (χ0n) is 11.0. The van der Waals surface area contributed by atoms with E-state index in [0.717, 1.165) is 5.56 Å². The van der Waals surface area contributed by atoms with Gasteiger partial charge in [-0.2, -0.15) is 0 Å². The second kappa shape index (κ2) is 6.47. The van der Waals surface area contributed by atoms with Crippen molar-refractivity contribution in [2.24, 2.45) is 0 Å². The van der Waals surface area contributed by atoms with Gasteiger partial charge in [-0.15, -0.1) is 0 Å². The highest BCUT2D eigenvalue weighted by atomic mass is 16.6. The van der Waals surface area contributed by atoms with Crippen LogP contribution in [0.4, 0.5) is 11.4 Å². The van der Waals surface area contributed by atoms with Crippen molar-refractivity contribution in [1.82, 2.24) is 4.98 Å². The highest BCUT2D eigenvalue weighted by Crippen LogP contribution is 2.28. The summed E-state index contributed by atoms with van der Waals surface area (Å²) in [6, 6.07) is 7.89. The molecule has 21 heavy (non-hydrogen) atoms. The number of carboxylic acids is 1. The fraction of sp³-hybridized carbons (Fsp3) is 0.143. The summed E-state index contributed by atoms with van der Waals surface area (Å²) in [6.45, 7) is 0.452. The zero-order chi connectivity index (χ0) is 15.2. The number of anilines is 1. The van der Waals surface area contributed by atoms with Gasteiger partial charge in [0.1, 0.15) is 11.3 Å². The predicted octanol–water partition coefficient (Wildman–Crippen LogP) is 2.34. The number of para-hydroxylation sites is 1. The van der Waals surface area contributed by atoms with E-state index in [2.05, 4.69) is 10.3 Å². The molecule has 0 amide bonds. The third-order valence-corrected chi connectivity index (χ3v) is 2.93. The molecule has 0 radical (unpaired) electrons. The number of carboxylic acid groups (broad SMARTS) is 1. The van der Waals surface area contributed by atoms with Gasteiger partial charge < -0.3 is 10.4 Å². The smallest absolute Gasteiger partial charge is 0.342 e. The summed E-state index contributed by atoms with van der Waals surface area (Å²) in [5.74, 6) is -1.32. The van der Waals surface area contributed by atoms with Gasteiger partial charge in [0.2, 0.25) is 0 Å². The first-order chi connectivity index (χ1) is 10.1. The van der Waals surface area contributed by atoms with Crippen molar-refractivity contribution < 1.29 is 14.8 Å². The monoisotopic (exact) mass is 287 g/mol. The summed E-state index contributed by atoms with van der Waals surface area (Å²) < 4.78 is 0. The number of nitrogens with one attached hydrogen (secondary N) is 1. The van der Waals surface area contributed by atoms with Crippen molar-refractivity contribution in [2.75, 3.05) is 11.9 Å². The van der Waals surface area contributed by atoms with Crippen LogP contribution in [0, 0.1) is 10.1 Å². The van der Waals surface area contributed by atoms with Crippen LogP contribution in [0.2, 0.25) is 0 Å². The average molecular weight is 287 g/mol. The van der Waals surface area contributed by atoms with Crippen LogP contribution in [0.5, 0.6) is 0 Å². The molecule has 0 saturated heterocycles. The van der Waals surface area contributed by atoms with E-state index in [1.165, 1.54) is 18.2 Å². The number of benzene rings is 1. The van der Waals surface area contributed by atoms with Gasteiger partial charge >= 0.3 is 11.7 Å². The number of aromatic carboxylic acids is 1. The number of hydrogen-bond acceptors (Lipinski definition) is 5. The van der Waals surface area contributed by atoms with E-state index in [1.54, 1.807) is 12.4 Å². The molecule has 1 heterocycles. The molecule has 0 unspecified atom stereocenters. The molecule has 2 N–H and O–H groups in total. The van der Waals surface area contributed by atoms with Crippen LogP contribution in [0.3, 0.4) is 0 Å². The number of nitro groups is 1. The van der Waals surface area contributed by atoms with Crippen molar-refractivity contribution in [2.45, 2.75) is 6.42 Å². The molecule has 0 spiro atoms. The van der Waals surface area contributed by atoms with Crippen molar-refractivity contribution in [1.29, 1.82) is 0 Å². The van der Waals surface area contributed by atoms with Crippen LogP contribution in [-0.2, 0) is 6.42 Å². The van der Waals surface area contributed by atoms with E-state index >= 15 is 0 Å². The normalized spacial score (nSPS) is 10.1. The fourth-order valence-corrected chi connectivity index (χ4v) is 1.95. The minimum Gasteiger partial charge on any atom is -0.477 e. The Balaban J connectivity index is 2.14. The highest BCUT2D eigenvalue weighted by Gasteiger charge is 2.23. The Labute approximate surface area is 120 Å². The van der Waals surface area contributed by atoms with Crippen LogP contribution in [0.1, 0.15) is 15.9 Å². The number of nitro benzene ring substituents is 1. The fourth-order valence-electron chi connectivity index (χ4n) is 1.95. The molecular weight excluding hydrogens is 274 g/mol. The molecule has 108 valence electrons. The Morgan fingerprint density at radius 3 is 2.62 bits per heavy atom. The quantitative estimate of drug-likeness (QED) is 0.624. The van der Waals surface area contributed by atoms with Gasteiger partial charge in [-0.3, -0.25) is 15.1 Å². The lowest BCUT2D eigenvalue weighted by atomic mass is 10.1. The van der Waals surface area contributed by atoms with Crippen molar-refractivity contribution >= 4 is 17.3 Å². The van der Waals surface area contributed by atoms with Crippen LogP contribution in [-0.4, -0.2) is 27.5 Å². The van der Waals surface area contributed by atoms with Crippen molar-refractivity contribution in [3.05, 3.63) is 64.0 Å². The molecule has 0 atom stereocenters. The SMILES string of the molecule is O=C(O)c1cccc(NCCc2ccncc2)c1[N+](=O)[O-]. The number of rotatable bonds is 6. The molecule has 0 fully saturated rings. The maximum absolute atomic E-state index is 11.1. The number of carbonyl (C=O) groups is 1. The van der Waals surface area contributed by atoms with Crippen LogP contribution in [0.15, 0.2) is 42.7 Å². The van der Waals surface area contributed by atoms with Crippen LogP contribution >= 0.6 is 0 Å². The molecule has 0 bridgehead atoms. The molecule has 1 aromatic carbocycles. The van der Waals surface area contributed by atoms with Gasteiger partial charge in [0.15, 0.2) is 0 Å². The Morgan fingerprint density at radius 1 is 1.29 bits per heavy atom. The first kappa shape index (κ1) is 14.4. The number of hydrogen-bond donors (Lipinski definition) is 2. The zero-order valence-corrected chi connectivity index (χ0v) is 11.0. The van der Waals surface area contributed by atoms with Crippen molar-refractivity contribution in [3.63, 3.8) is 0 Å². The number of aromatic nitrogens is 1. The van der Waals surface area contributed by atoms with Gasteiger partial charge in [-0.1, -0.05) is 6.07 Å². The molecule has 7 heteroatoms. The number of nitrogens with zero attached hydrogens (tertiary/aromatic N) is 2. The van der Waals surface area contributed by atoms with E-state index < -0.39 is 16.6 Å². The Kier molecular flexibility index (Phi) is 4.45. The lowest BCUT2D eigenvalue weighted by Crippen LogP contribution is -2.10. The molecule has 0 aliphatic heterocycles. The Hall–Kier alpha value is -2.96. The predicted molar refractivity (Wildman–Crippen MR) is 76.5 cm³/mol. The summed E-state index contributed by atoms with van der Waals surface area (Å²) in [7, 11) is 0. The molecule has 7 nitrogen and oxygen atoms in total. The third-order valence-electron chi connectivity index (χ3n) is 2.93. The summed E-state index contributed by atoms with van der Waals surface area (Å²) in [4.78, 5) is 25.3. The summed E-state index contributed by atoms with van der Waals surface area (Å²) in [5.41, 5.74) is 0.497. The molecule has 0 aliphatic carbocycles. The third kappa shape index (κ3) is 3.53. The second-order valence-electron chi connectivity index (χ2n) is 4.30. The maximum atomic E-state index is 11.1. The molecule has 0 aliphatic rings. The molecule has 1 aromatic heterocycles. The largest absolute Gasteiger partial charge is 0.477 e. The van der Waals surface area contributed by atoms with E-state index in [-0.39, 0.29) is 11.3 Å². The Bertz CT molecular complexity index is 659. The van der Waals surface area contributed by atoms with E-state index in [1.807, 2.05) is 12.1 Å². The van der Waals surface area contributed by atoms with Gasteiger partial charge in [0.05, 0.1) is 4.92 Å². The van der Waals surface area contributed by atoms with Gasteiger partial charge in [-0.25, -0.2) is 4.79 Å². The molecule has 0 saturated carbocycles. The van der Waals surface area contributed by atoms with E-state index in [9.17, 15) is 14.9 Å². The minimum absolute atomic E-state index is 0.203. The molecule has 2 rings (SSSR count). The standard InChI is InChI=1S/C14H13N3O4/c18-14(19)11-2-1-3-12(13(11)17(20)21)16-9-6-10-4-7-15-8-5-10/h1-5,7-8,16H,6,9H2,(H,18,19). The lowest BCUT2D eigenvalue weighted by molar-refractivity contribution is -0.384. The molecule has 2 aromatic rings. The Morgan fingerprint density at radius 2 is 2.00 bits per heavy atom. The first-order valence-electron chi connectivity index (χ1n) is 6.23. The highest BCUT2D eigenvalue weighted by molar-refractivity contribution is 5.95. The van der Waals surface area contributed by atoms with Gasteiger partial charge in [-0.05, 0) is 36.2 Å². The van der Waals surface area contributed by atoms with E-state index in [4.69, 9.17) is 5.11 Å². The first-order valence-corrected chi connectivity index (χ1v) is 6.23. The summed E-state index contributed by atoms with van der Waals surface area (Å²) in [6.07, 6.45) is 3.99. The summed E-state index contributed by atoms with van der Waals surface area (Å²) in [5, 5.41) is 23.0. The van der Waals surface area contributed by atoms with Crippen molar-refractivity contribution in [3.8, 4) is 0 Å². The minimum atomic E-state index is -1.32. The topological polar surface area (TPSA) is 105 Å². The van der Waals surface area contributed by atoms with Crippen LogP contribution in [0.25, 0.3) is 0 Å². The second-order valence-corrected chi connectivity index (χ2v) is 4.30. The van der Waals surface area contributed by atoms with E-state index in [0.29, 0.717) is 13.0 Å². The number of pyridine rings is 1.